The van der Waals surface area contributed by atoms with E-state index in [9.17, 15) is 35.1 Å². The molecule has 0 heterocycles. The number of Topliss-reactive ketones (excluding diaryl/α,β-unsaturated/α-hetero) is 1. The Balaban J connectivity index is 3.27. The largest absolute Gasteiger partial charge is 0.300 e. The number of allylic oxidation sites excluding steroid dienone is 1. The van der Waals surface area contributed by atoms with E-state index in [1.165, 1.54) is 6.92 Å². The molecule has 0 radical (unpaired) electrons. The summed E-state index contributed by atoms with van der Waals surface area (Å²) in [4.78, 5) is 41.0. The van der Waals surface area contributed by atoms with Crippen molar-refractivity contribution in [3.63, 3.8) is 0 Å². The van der Waals surface area contributed by atoms with Crippen LogP contribution in [0, 0.1) is 42.3 Å². The van der Waals surface area contributed by atoms with Crippen LogP contribution >= 0.6 is 0 Å². The summed E-state index contributed by atoms with van der Waals surface area (Å²) in [7, 11) is 0. The fourth-order valence-electron chi connectivity index (χ4n) is 1.74. The summed E-state index contributed by atoms with van der Waals surface area (Å²) in [5.74, 6) is -1.78. The van der Waals surface area contributed by atoms with Gasteiger partial charge in [0.05, 0.1) is 10.8 Å². The minimum atomic E-state index is -1.38. The molecule has 10 heteroatoms. The van der Waals surface area contributed by atoms with Gasteiger partial charge in [-0.1, -0.05) is 13.0 Å². The molecule has 0 amide bonds. The predicted molar refractivity (Wildman–Crippen MR) is 63.8 cm³/mol. The van der Waals surface area contributed by atoms with Crippen molar-refractivity contribution in [2.75, 3.05) is 0 Å². The first-order chi connectivity index (χ1) is 9.27. The molecule has 0 aromatic rings. The zero-order valence-corrected chi connectivity index (χ0v) is 10.3. The molecule has 1 rings (SSSR count). The summed E-state index contributed by atoms with van der Waals surface area (Å²) >= 11 is 0. The highest BCUT2D eigenvalue weighted by molar-refractivity contribution is 5.79. The van der Waals surface area contributed by atoms with Gasteiger partial charge in [-0.25, -0.2) is 0 Å². The van der Waals surface area contributed by atoms with E-state index in [1.807, 2.05) is 0 Å². The molecule has 0 bridgehead atoms. The van der Waals surface area contributed by atoms with Gasteiger partial charge in [0.1, 0.15) is 17.5 Å². The molecule has 20 heavy (non-hydrogen) atoms. The van der Waals surface area contributed by atoms with Crippen molar-refractivity contribution in [3.05, 3.63) is 59.9 Å². The van der Waals surface area contributed by atoms with E-state index >= 15 is 0 Å². The maximum absolute atomic E-state index is 11.4. The normalized spacial score (nSPS) is 18.1. The number of nitrogens with zero attached hydrogens (tertiary/aromatic N) is 3. The van der Waals surface area contributed by atoms with Crippen molar-refractivity contribution in [1.82, 2.24) is 0 Å². The molecule has 0 aliphatic heterocycles. The van der Waals surface area contributed by atoms with Gasteiger partial charge in [-0.2, -0.15) is 0 Å². The number of hydrogen-bond donors (Lipinski definition) is 0. The number of rotatable bonds is 6. The lowest BCUT2D eigenvalue weighted by Gasteiger charge is -2.24. The monoisotopic (exact) mass is 284 g/mol. The SMILES string of the molecule is CCC(=O)CC1C([N+](=O)[O-])=CC([N+](=O)[O-])=C[C-]1[N+](=O)[O-]. The molecule has 1 atom stereocenters. The van der Waals surface area contributed by atoms with Gasteiger partial charge in [0, 0.05) is 18.9 Å². The summed E-state index contributed by atoms with van der Waals surface area (Å²) in [6.45, 7) is 1.52. The van der Waals surface area contributed by atoms with Gasteiger partial charge in [0.25, 0.3) is 0 Å². The third-order valence-corrected chi connectivity index (χ3v) is 2.76. The Morgan fingerprint density at radius 2 is 1.85 bits per heavy atom. The highest BCUT2D eigenvalue weighted by atomic mass is 16.6. The van der Waals surface area contributed by atoms with Crippen molar-refractivity contribution >= 4 is 5.78 Å². The predicted octanol–water partition coefficient (Wildman–Crippen LogP) is 1.12. The van der Waals surface area contributed by atoms with Crippen LogP contribution in [0.3, 0.4) is 0 Å². The smallest absolute Gasteiger partial charge is 0.232 e. The Morgan fingerprint density at radius 3 is 2.25 bits per heavy atom. The van der Waals surface area contributed by atoms with Crippen LogP contribution < -0.4 is 0 Å². The third kappa shape index (κ3) is 3.16. The van der Waals surface area contributed by atoms with Crippen molar-refractivity contribution < 1.29 is 19.6 Å². The number of carbonyl (C=O) groups excluding carboxylic acids is 1. The molecule has 1 aliphatic carbocycles. The van der Waals surface area contributed by atoms with Crippen LogP contribution in [0.4, 0.5) is 0 Å². The molecule has 1 aliphatic rings. The lowest BCUT2D eigenvalue weighted by Crippen LogP contribution is -2.30. The molecule has 0 saturated heterocycles. The standard InChI is InChI=1S/C10H10N3O7/c1-2-7(14)5-8-9(12(17)18)3-6(11(15)16)4-10(8)13(19)20/h3-4,8H,2,5H2,1H3/q-1. The molecule has 108 valence electrons. The minimum absolute atomic E-state index is 0.0678. The molecule has 0 saturated carbocycles. The van der Waals surface area contributed by atoms with Crippen molar-refractivity contribution in [2.45, 2.75) is 19.8 Å². The van der Waals surface area contributed by atoms with Crippen LogP contribution in [0.5, 0.6) is 0 Å². The van der Waals surface area contributed by atoms with Crippen LogP contribution in [0.15, 0.2) is 23.5 Å². The van der Waals surface area contributed by atoms with Gasteiger partial charge < -0.3 is 0 Å². The molecule has 10 nitrogen and oxygen atoms in total. The first-order valence-electron chi connectivity index (χ1n) is 5.52. The molecular formula is C10H10N3O7-. The Morgan fingerprint density at radius 1 is 1.25 bits per heavy atom. The van der Waals surface area contributed by atoms with Crippen LogP contribution in [-0.2, 0) is 4.79 Å². The van der Waals surface area contributed by atoms with Crippen molar-refractivity contribution in [1.29, 1.82) is 0 Å². The molecule has 0 spiro atoms. The minimum Gasteiger partial charge on any atom is -0.300 e. The maximum Gasteiger partial charge on any atom is 0.232 e. The summed E-state index contributed by atoms with van der Waals surface area (Å²) in [6.07, 6.45) is 0.945. The molecule has 0 aromatic carbocycles. The Bertz CT molecular complexity index is 537. The van der Waals surface area contributed by atoms with E-state index in [-0.39, 0.29) is 6.42 Å². The van der Waals surface area contributed by atoms with Gasteiger partial charge in [-0.05, 0) is 9.85 Å². The maximum atomic E-state index is 11.4. The Hall–Kier alpha value is -2.78. The fraction of sp³-hybridized carbons (Fsp3) is 0.400. The zero-order valence-electron chi connectivity index (χ0n) is 10.3. The van der Waals surface area contributed by atoms with Gasteiger partial charge >= 0.3 is 0 Å². The summed E-state index contributed by atoms with van der Waals surface area (Å²) in [6, 6.07) is -0.715. The second-order valence-electron chi connectivity index (χ2n) is 3.98. The second kappa shape index (κ2) is 5.91. The molecular weight excluding hydrogens is 274 g/mol. The summed E-state index contributed by atoms with van der Waals surface area (Å²) in [5, 5.41) is 32.5. The summed E-state index contributed by atoms with van der Waals surface area (Å²) < 4.78 is 0. The topological polar surface area (TPSA) is 146 Å². The lowest BCUT2D eigenvalue weighted by atomic mass is 9.86. The van der Waals surface area contributed by atoms with Gasteiger partial charge in [-0.15, -0.1) is 0 Å². The zero-order chi connectivity index (χ0) is 15.4. The Kier molecular flexibility index (Phi) is 4.51. The molecule has 0 N–H and O–H groups in total. The molecule has 0 fully saturated rings. The number of carbonyl (C=O) groups is 1. The lowest BCUT2D eigenvalue weighted by molar-refractivity contribution is -0.488. The number of nitro groups is 3. The van der Waals surface area contributed by atoms with E-state index in [1.54, 1.807) is 0 Å². The van der Waals surface area contributed by atoms with E-state index < -0.39 is 50.3 Å². The van der Waals surface area contributed by atoms with Gasteiger partial charge in [0.2, 0.25) is 5.70 Å². The molecule has 1 unspecified atom stereocenters. The second-order valence-corrected chi connectivity index (χ2v) is 3.98. The third-order valence-electron chi connectivity index (χ3n) is 2.76. The van der Waals surface area contributed by atoms with Crippen LogP contribution in [0.2, 0.25) is 0 Å². The highest BCUT2D eigenvalue weighted by Crippen LogP contribution is 2.34. The fourth-order valence-corrected chi connectivity index (χ4v) is 1.74. The summed E-state index contributed by atoms with van der Waals surface area (Å²) in [5.41, 5.74) is -1.46. The van der Waals surface area contributed by atoms with E-state index in [4.69, 9.17) is 0 Å². The number of hydrogen-bond acceptors (Lipinski definition) is 7. The van der Waals surface area contributed by atoms with E-state index in [0.717, 1.165) is 0 Å². The average molecular weight is 284 g/mol. The van der Waals surface area contributed by atoms with Gasteiger partial charge in [-0.3, -0.25) is 35.1 Å². The molecule has 0 aromatic heterocycles. The van der Waals surface area contributed by atoms with E-state index in [0.29, 0.717) is 12.2 Å². The van der Waals surface area contributed by atoms with Crippen LogP contribution in [-0.4, -0.2) is 20.6 Å². The first-order valence-corrected chi connectivity index (χ1v) is 5.52. The quantitative estimate of drug-likeness (QED) is 0.403. The van der Waals surface area contributed by atoms with E-state index in [2.05, 4.69) is 0 Å². The van der Waals surface area contributed by atoms with Crippen LogP contribution in [0.1, 0.15) is 19.8 Å². The van der Waals surface area contributed by atoms with Gasteiger partial charge in [0.15, 0.2) is 0 Å². The van der Waals surface area contributed by atoms with Crippen LogP contribution in [0.25, 0.3) is 0 Å². The highest BCUT2D eigenvalue weighted by Gasteiger charge is 2.38. The first kappa shape index (κ1) is 15.3. The van der Waals surface area contributed by atoms with Crippen molar-refractivity contribution in [3.8, 4) is 0 Å². The Labute approximate surface area is 112 Å². The number of ketones is 1. The van der Waals surface area contributed by atoms with Crippen molar-refractivity contribution in [2.24, 2.45) is 5.92 Å². The average Bonchev–Trinajstić information content (AvgIpc) is 2.37.